The summed E-state index contributed by atoms with van der Waals surface area (Å²) in [7, 11) is 0. The second-order valence-corrected chi connectivity index (χ2v) is 5.85. The van der Waals surface area contributed by atoms with E-state index in [1.807, 2.05) is 6.07 Å². The standard InChI is InChI=1S/C16H22N4/c1-11(2)14-15(12-6-4-3-5-7-12)18-19-16(14)20-9-8-13(17)10-20/h3-7,11,13H,8-10,17H2,1-2H3,(H,18,19). The Hall–Kier alpha value is -1.81. The van der Waals surface area contributed by atoms with Gasteiger partial charge in [-0.15, -0.1) is 0 Å². The van der Waals surface area contributed by atoms with Crippen LogP contribution in [0.15, 0.2) is 30.3 Å². The molecule has 1 unspecified atom stereocenters. The number of nitrogens with two attached hydrogens (primary N) is 1. The zero-order valence-electron chi connectivity index (χ0n) is 12.1. The second-order valence-electron chi connectivity index (χ2n) is 5.85. The molecule has 3 rings (SSSR count). The number of rotatable bonds is 3. The molecule has 4 heteroatoms. The molecule has 0 saturated carbocycles. The van der Waals surface area contributed by atoms with Gasteiger partial charge in [-0.1, -0.05) is 44.2 Å². The van der Waals surface area contributed by atoms with E-state index < -0.39 is 0 Å². The first-order chi connectivity index (χ1) is 9.66. The van der Waals surface area contributed by atoms with Gasteiger partial charge in [-0.25, -0.2) is 0 Å². The van der Waals surface area contributed by atoms with Crippen molar-refractivity contribution in [2.24, 2.45) is 5.73 Å². The van der Waals surface area contributed by atoms with E-state index in [2.05, 4.69) is 53.2 Å². The largest absolute Gasteiger partial charge is 0.353 e. The van der Waals surface area contributed by atoms with Crippen molar-refractivity contribution in [1.29, 1.82) is 0 Å². The molecule has 0 radical (unpaired) electrons. The summed E-state index contributed by atoms with van der Waals surface area (Å²) >= 11 is 0. The van der Waals surface area contributed by atoms with Gasteiger partial charge in [-0.05, 0) is 17.9 Å². The SMILES string of the molecule is CC(C)c1c(N2CCC(N)C2)n[nH]c1-c1ccccc1. The summed E-state index contributed by atoms with van der Waals surface area (Å²) in [5.74, 6) is 1.50. The van der Waals surface area contributed by atoms with Crippen molar-refractivity contribution < 1.29 is 0 Å². The molecule has 2 heterocycles. The maximum atomic E-state index is 6.03. The molecule has 1 aliphatic heterocycles. The normalized spacial score (nSPS) is 19.0. The highest BCUT2D eigenvalue weighted by Crippen LogP contribution is 2.35. The van der Waals surface area contributed by atoms with Gasteiger partial charge < -0.3 is 10.6 Å². The van der Waals surface area contributed by atoms with Crippen molar-refractivity contribution >= 4 is 5.82 Å². The van der Waals surface area contributed by atoms with Gasteiger partial charge in [0.1, 0.15) is 0 Å². The number of nitrogens with zero attached hydrogens (tertiary/aromatic N) is 2. The summed E-state index contributed by atoms with van der Waals surface area (Å²) < 4.78 is 0. The third-order valence-electron chi connectivity index (χ3n) is 3.95. The van der Waals surface area contributed by atoms with Crippen molar-refractivity contribution in [3.63, 3.8) is 0 Å². The average molecular weight is 270 g/mol. The molecule has 1 fully saturated rings. The van der Waals surface area contributed by atoms with Crippen molar-refractivity contribution in [2.75, 3.05) is 18.0 Å². The minimum Gasteiger partial charge on any atom is -0.353 e. The molecular formula is C16H22N4. The van der Waals surface area contributed by atoms with Crippen molar-refractivity contribution in [3.05, 3.63) is 35.9 Å². The van der Waals surface area contributed by atoms with Crippen LogP contribution in [0.2, 0.25) is 0 Å². The zero-order chi connectivity index (χ0) is 14.1. The van der Waals surface area contributed by atoms with Gasteiger partial charge in [0, 0.05) is 24.7 Å². The fourth-order valence-electron chi connectivity index (χ4n) is 2.93. The Kier molecular flexibility index (Phi) is 3.49. The Balaban J connectivity index is 2.03. The van der Waals surface area contributed by atoms with E-state index >= 15 is 0 Å². The molecule has 3 N–H and O–H groups in total. The molecular weight excluding hydrogens is 248 g/mol. The van der Waals surface area contributed by atoms with Gasteiger partial charge in [0.15, 0.2) is 5.82 Å². The molecule has 0 aliphatic carbocycles. The Labute approximate surface area is 120 Å². The molecule has 1 aromatic carbocycles. The number of anilines is 1. The average Bonchev–Trinajstić information content (AvgIpc) is 3.05. The summed E-state index contributed by atoms with van der Waals surface area (Å²) in [6.07, 6.45) is 1.05. The lowest BCUT2D eigenvalue weighted by Gasteiger charge is -2.19. The first kappa shape index (κ1) is 13.2. The third-order valence-corrected chi connectivity index (χ3v) is 3.95. The lowest BCUT2D eigenvalue weighted by Crippen LogP contribution is -2.27. The second kappa shape index (κ2) is 5.29. The number of aromatic nitrogens is 2. The van der Waals surface area contributed by atoms with Crippen LogP contribution in [0.25, 0.3) is 11.3 Å². The van der Waals surface area contributed by atoms with Gasteiger partial charge in [-0.2, -0.15) is 5.10 Å². The summed E-state index contributed by atoms with van der Waals surface area (Å²) in [4.78, 5) is 2.31. The number of nitrogens with one attached hydrogen (secondary N) is 1. The van der Waals surface area contributed by atoms with Gasteiger partial charge in [-0.3, -0.25) is 5.10 Å². The molecule has 0 bridgehead atoms. The minimum absolute atomic E-state index is 0.270. The maximum absolute atomic E-state index is 6.03. The zero-order valence-corrected chi connectivity index (χ0v) is 12.1. The Bertz CT molecular complexity index is 573. The van der Waals surface area contributed by atoms with Crippen LogP contribution in [0, 0.1) is 0 Å². The van der Waals surface area contributed by atoms with Crippen molar-refractivity contribution in [3.8, 4) is 11.3 Å². The first-order valence-corrected chi connectivity index (χ1v) is 7.31. The van der Waals surface area contributed by atoms with E-state index in [9.17, 15) is 0 Å². The van der Waals surface area contributed by atoms with Gasteiger partial charge in [0.25, 0.3) is 0 Å². The quantitative estimate of drug-likeness (QED) is 0.901. The van der Waals surface area contributed by atoms with Crippen LogP contribution in [-0.2, 0) is 0 Å². The van der Waals surface area contributed by atoms with Gasteiger partial charge >= 0.3 is 0 Å². The molecule has 1 aromatic heterocycles. The van der Waals surface area contributed by atoms with Crippen LogP contribution in [0.1, 0.15) is 31.7 Å². The van der Waals surface area contributed by atoms with Crippen LogP contribution in [0.4, 0.5) is 5.82 Å². The number of aromatic amines is 1. The van der Waals surface area contributed by atoms with Crippen LogP contribution in [0.5, 0.6) is 0 Å². The predicted octanol–water partition coefficient (Wildman–Crippen LogP) is 2.74. The van der Waals surface area contributed by atoms with E-state index in [0.29, 0.717) is 5.92 Å². The van der Waals surface area contributed by atoms with Crippen LogP contribution in [-0.4, -0.2) is 29.3 Å². The summed E-state index contributed by atoms with van der Waals surface area (Å²) in [5, 5.41) is 7.81. The molecule has 1 saturated heterocycles. The van der Waals surface area contributed by atoms with Crippen molar-refractivity contribution in [1.82, 2.24) is 10.2 Å². The minimum atomic E-state index is 0.270. The Morgan fingerprint density at radius 3 is 2.65 bits per heavy atom. The van der Waals surface area contributed by atoms with E-state index in [-0.39, 0.29) is 6.04 Å². The smallest absolute Gasteiger partial charge is 0.154 e. The van der Waals surface area contributed by atoms with Crippen LogP contribution in [0.3, 0.4) is 0 Å². The summed E-state index contributed by atoms with van der Waals surface area (Å²) in [6.45, 7) is 6.34. The molecule has 0 spiro atoms. The van der Waals surface area contributed by atoms with Crippen LogP contribution < -0.4 is 10.6 Å². The summed E-state index contributed by atoms with van der Waals surface area (Å²) in [6, 6.07) is 10.7. The lowest BCUT2D eigenvalue weighted by atomic mass is 9.98. The molecule has 106 valence electrons. The molecule has 1 aliphatic rings. The van der Waals surface area contributed by atoms with E-state index in [0.717, 1.165) is 31.0 Å². The lowest BCUT2D eigenvalue weighted by molar-refractivity contribution is 0.750. The Morgan fingerprint density at radius 2 is 2.05 bits per heavy atom. The van der Waals surface area contributed by atoms with E-state index in [4.69, 9.17) is 5.73 Å². The topological polar surface area (TPSA) is 57.9 Å². The molecule has 20 heavy (non-hydrogen) atoms. The van der Waals surface area contributed by atoms with E-state index in [1.54, 1.807) is 0 Å². The molecule has 0 amide bonds. The molecule has 1 atom stereocenters. The summed E-state index contributed by atoms with van der Waals surface area (Å²) in [5.41, 5.74) is 9.65. The third kappa shape index (κ3) is 2.31. The Morgan fingerprint density at radius 1 is 1.30 bits per heavy atom. The van der Waals surface area contributed by atoms with E-state index in [1.165, 1.54) is 11.1 Å². The van der Waals surface area contributed by atoms with Crippen LogP contribution >= 0.6 is 0 Å². The molecule has 2 aromatic rings. The number of benzene rings is 1. The fraction of sp³-hybridized carbons (Fsp3) is 0.438. The predicted molar refractivity (Wildman–Crippen MR) is 82.9 cm³/mol. The maximum Gasteiger partial charge on any atom is 0.154 e. The van der Waals surface area contributed by atoms with Crippen molar-refractivity contribution in [2.45, 2.75) is 32.2 Å². The highest BCUT2D eigenvalue weighted by Gasteiger charge is 2.26. The number of H-pyrrole nitrogens is 1. The monoisotopic (exact) mass is 270 g/mol. The first-order valence-electron chi connectivity index (χ1n) is 7.31. The van der Waals surface area contributed by atoms with Gasteiger partial charge in [0.2, 0.25) is 0 Å². The number of hydrogen-bond donors (Lipinski definition) is 2. The number of hydrogen-bond acceptors (Lipinski definition) is 3. The van der Waals surface area contributed by atoms with Gasteiger partial charge in [0.05, 0.1) is 5.69 Å². The molecule has 4 nitrogen and oxygen atoms in total. The highest BCUT2D eigenvalue weighted by atomic mass is 15.3. The fourth-order valence-corrected chi connectivity index (χ4v) is 2.93. The highest BCUT2D eigenvalue weighted by molar-refractivity contribution is 5.70.